The average molecular weight is 378 g/mol. The molecule has 0 aliphatic carbocycles. The van der Waals surface area contributed by atoms with Crippen molar-refractivity contribution in [2.24, 2.45) is 0 Å². The summed E-state index contributed by atoms with van der Waals surface area (Å²) in [5, 5.41) is 5.96. The smallest absolute Gasteiger partial charge is 0.253 e. The van der Waals surface area contributed by atoms with E-state index in [1.54, 1.807) is 17.0 Å². The molecule has 4 nitrogen and oxygen atoms in total. The molecular formula is C23H23FN2O2. The molecule has 28 heavy (non-hydrogen) atoms. The third kappa shape index (κ3) is 3.91. The van der Waals surface area contributed by atoms with E-state index in [1.807, 2.05) is 12.1 Å². The van der Waals surface area contributed by atoms with Crippen LogP contribution in [0.3, 0.4) is 0 Å². The number of anilines is 1. The van der Waals surface area contributed by atoms with Gasteiger partial charge in [0, 0.05) is 18.3 Å². The highest BCUT2D eigenvalue weighted by Crippen LogP contribution is 2.24. The Balaban J connectivity index is 1.43. The zero-order chi connectivity index (χ0) is 19.5. The molecule has 1 amide bonds. The number of ether oxygens (including phenoxy) is 1. The highest BCUT2D eigenvalue weighted by molar-refractivity contribution is 5.95. The summed E-state index contributed by atoms with van der Waals surface area (Å²) in [4.78, 5) is 13.8. The van der Waals surface area contributed by atoms with Gasteiger partial charge in [-0.3, -0.25) is 4.79 Å². The Hall–Kier alpha value is -2.76. The molecule has 144 valence electrons. The van der Waals surface area contributed by atoms with Gasteiger partial charge >= 0.3 is 0 Å². The first-order valence-corrected chi connectivity index (χ1v) is 9.50. The van der Waals surface area contributed by atoms with E-state index in [9.17, 15) is 9.18 Å². The van der Waals surface area contributed by atoms with Crippen molar-refractivity contribution in [1.29, 1.82) is 0 Å². The number of benzene rings is 3. The highest BCUT2D eigenvalue weighted by atomic mass is 19.1. The van der Waals surface area contributed by atoms with Crippen LogP contribution in [0.1, 0.15) is 18.5 Å². The molecular weight excluding hydrogens is 355 g/mol. The van der Waals surface area contributed by atoms with E-state index in [1.165, 1.54) is 28.5 Å². The molecule has 0 aromatic heterocycles. The number of hydrogen-bond donors (Lipinski definition) is 1. The number of halogens is 1. The second-order valence-corrected chi connectivity index (χ2v) is 7.12. The third-order valence-electron chi connectivity index (χ3n) is 5.19. The Morgan fingerprint density at radius 3 is 2.79 bits per heavy atom. The van der Waals surface area contributed by atoms with Gasteiger partial charge in [0.2, 0.25) is 0 Å². The molecule has 1 aliphatic rings. The minimum Gasteiger partial charge on any atom is -0.365 e. The largest absolute Gasteiger partial charge is 0.365 e. The topological polar surface area (TPSA) is 41.6 Å². The molecule has 1 aliphatic heterocycles. The van der Waals surface area contributed by atoms with E-state index in [0.29, 0.717) is 18.8 Å². The lowest BCUT2D eigenvalue weighted by atomic mass is 9.99. The van der Waals surface area contributed by atoms with Crippen molar-refractivity contribution < 1.29 is 13.9 Å². The van der Waals surface area contributed by atoms with Crippen LogP contribution in [0.15, 0.2) is 66.7 Å². The summed E-state index contributed by atoms with van der Waals surface area (Å²) in [6.07, 6.45) is -0.154. The summed E-state index contributed by atoms with van der Waals surface area (Å²) in [7, 11) is 0. The molecule has 1 heterocycles. The van der Waals surface area contributed by atoms with Crippen molar-refractivity contribution in [2.75, 3.05) is 24.6 Å². The van der Waals surface area contributed by atoms with Crippen molar-refractivity contribution in [1.82, 2.24) is 5.32 Å². The minimum absolute atomic E-state index is 0.00546. The summed E-state index contributed by atoms with van der Waals surface area (Å²) in [5.74, 6) is -0.500. The molecule has 3 aromatic carbocycles. The highest BCUT2D eigenvalue weighted by Gasteiger charge is 2.28. The first-order valence-electron chi connectivity index (χ1n) is 9.50. The molecule has 3 aromatic rings. The fourth-order valence-electron chi connectivity index (χ4n) is 3.69. The summed E-state index contributed by atoms with van der Waals surface area (Å²) in [6.45, 7) is 3.13. The fourth-order valence-corrected chi connectivity index (χ4v) is 3.69. The van der Waals surface area contributed by atoms with Crippen molar-refractivity contribution in [3.05, 3.63) is 78.1 Å². The van der Waals surface area contributed by atoms with Crippen LogP contribution in [0.2, 0.25) is 0 Å². The van der Waals surface area contributed by atoms with Gasteiger partial charge in [0.1, 0.15) is 12.4 Å². The number of carbonyl (C=O) groups excluding carboxylic acids is 1. The van der Waals surface area contributed by atoms with Crippen LogP contribution in [0.25, 0.3) is 10.8 Å². The zero-order valence-electron chi connectivity index (χ0n) is 15.8. The molecule has 1 saturated heterocycles. The quantitative estimate of drug-likeness (QED) is 0.728. The summed E-state index contributed by atoms with van der Waals surface area (Å²) >= 11 is 0. The maximum absolute atomic E-state index is 13.5. The van der Waals surface area contributed by atoms with Crippen LogP contribution in [0, 0.1) is 5.82 Å². The monoisotopic (exact) mass is 378 g/mol. The molecule has 1 unspecified atom stereocenters. The fraction of sp³-hybridized carbons (Fsp3) is 0.261. The van der Waals surface area contributed by atoms with Gasteiger partial charge in [-0.05, 0) is 41.5 Å². The van der Waals surface area contributed by atoms with E-state index >= 15 is 0 Å². The zero-order valence-corrected chi connectivity index (χ0v) is 15.8. The second-order valence-electron chi connectivity index (χ2n) is 7.12. The molecule has 0 saturated carbocycles. The first-order chi connectivity index (χ1) is 13.6. The Morgan fingerprint density at radius 1 is 1.14 bits per heavy atom. The van der Waals surface area contributed by atoms with Crippen molar-refractivity contribution in [2.45, 2.75) is 19.1 Å². The van der Waals surface area contributed by atoms with Crippen LogP contribution < -0.4 is 10.2 Å². The molecule has 2 atom stereocenters. The van der Waals surface area contributed by atoms with Crippen molar-refractivity contribution in [3.63, 3.8) is 0 Å². The SMILES string of the molecule is C[C@@H](NCC1CN(c2cccc(F)c2)C(=O)CO1)c1cccc2ccccc12. The Labute approximate surface area is 163 Å². The lowest BCUT2D eigenvalue weighted by Crippen LogP contribution is -2.50. The number of hydrogen-bond acceptors (Lipinski definition) is 3. The summed E-state index contributed by atoms with van der Waals surface area (Å²) in [6, 6.07) is 20.9. The number of nitrogens with zero attached hydrogens (tertiary/aromatic N) is 1. The molecule has 1 N–H and O–H groups in total. The van der Waals surface area contributed by atoms with Gasteiger partial charge < -0.3 is 15.0 Å². The Kier molecular flexibility index (Phi) is 5.37. The van der Waals surface area contributed by atoms with E-state index in [-0.39, 0.29) is 30.5 Å². The van der Waals surface area contributed by atoms with Crippen LogP contribution in [-0.4, -0.2) is 31.7 Å². The Bertz CT molecular complexity index is 986. The number of amides is 1. The van der Waals surface area contributed by atoms with E-state index in [2.05, 4.69) is 42.6 Å². The van der Waals surface area contributed by atoms with Gasteiger partial charge in [0.15, 0.2) is 0 Å². The standard InChI is InChI=1S/C23H23FN2O2/c1-16(21-11-4-7-17-6-2-3-10-22(17)21)25-13-20-14-26(23(27)15-28-20)19-9-5-8-18(24)12-19/h2-12,16,20,25H,13-15H2,1H3/t16-,20?/m1/s1. The summed E-state index contributed by atoms with van der Waals surface area (Å²) < 4.78 is 19.2. The van der Waals surface area contributed by atoms with Crippen LogP contribution in [0.5, 0.6) is 0 Å². The van der Waals surface area contributed by atoms with E-state index in [0.717, 1.165) is 0 Å². The molecule has 1 fully saturated rings. The Morgan fingerprint density at radius 2 is 1.93 bits per heavy atom. The maximum Gasteiger partial charge on any atom is 0.253 e. The van der Waals surface area contributed by atoms with Crippen LogP contribution in [0.4, 0.5) is 10.1 Å². The van der Waals surface area contributed by atoms with Gasteiger partial charge in [-0.2, -0.15) is 0 Å². The first kappa shape index (κ1) is 18.6. The van der Waals surface area contributed by atoms with Crippen LogP contribution >= 0.6 is 0 Å². The lowest BCUT2D eigenvalue weighted by molar-refractivity contribution is -0.129. The minimum atomic E-state index is -0.351. The van der Waals surface area contributed by atoms with Gasteiger partial charge in [-0.25, -0.2) is 4.39 Å². The van der Waals surface area contributed by atoms with E-state index in [4.69, 9.17) is 4.74 Å². The molecule has 0 radical (unpaired) electrons. The maximum atomic E-state index is 13.5. The number of rotatable bonds is 5. The van der Waals surface area contributed by atoms with Gasteiger partial charge in [0.25, 0.3) is 5.91 Å². The van der Waals surface area contributed by atoms with Crippen molar-refractivity contribution >= 4 is 22.4 Å². The van der Waals surface area contributed by atoms with Gasteiger partial charge in [-0.1, -0.05) is 48.5 Å². The van der Waals surface area contributed by atoms with Gasteiger partial charge in [-0.15, -0.1) is 0 Å². The number of nitrogens with one attached hydrogen (secondary N) is 1. The molecule has 4 rings (SSSR count). The number of carbonyl (C=O) groups is 1. The third-order valence-corrected chi connectivity index (χ3v) is 5.19. The number of fused-ring (bicyclic) bond motifs is 1. The molecule has 0 bridgehead atoms. The van der Waals surface area contributed by atoms with Crippen LogP contribution in [-0.2, 0) is 9.53 Å². The van der Waals surface area contributed by atoms with Crippen molar-refractivity contribution in [3.8, 4) is 0 Å². The normalized spacial score (nSPS) is 18.4. The average Bonchev–Trinajstić information content (AvgIpc) is 2.72. The predicted molar refractivity (Wildman–Crippen MR) is 109 cm³/mol. The predicted octanol–water partition coefficient (Wildman–Crippen LogP) is 4.06. The second kappa shape index (κ2) is 8.09. The lowest BCUT2D eigenvalue weighted by Gasteiger charge is -2.33. The number of morpholine rings is 1. The summed E-state index contributed by atoms with van der Waals surface area (Å²) in [5.41, 5.74) is 1.80. The van der Waals surface area contributed by atoms with Gasteiger partial charge in [0.05, 0.1) is 12.6 Å². The molecule has 5 heteroatoms. The molecule has 0 spiro atoms. The van der Waals surface area contributed by atoms with E-state index < -0.39 is 0 Å².